The van der Waals surface area contributed by atoms with Gasteiger partial charge in [-0.3, -0.25) is 10.1 Å². The lowest BCUT2D eigenvalue weighted by molar-refractivity contribution is -0.386. The quantitative estimate of drug-likeness (QED) is 0.478. The van der Waals surface area contributed by atoms with Gasteiger partial charge < -0.3 is 4.90 Å². The first-order chi connectivity index (χ1) is 8.22. The highest BCUT2D eigenvalue weighted by Gasteiger charge is 2.29. The van der Waals surface area contributed by atoms with Gasteiger partial charge in [0.2, 0.25) is 5.82 Å². The predicted octanol–water partition coefficient (Wildman–Crippen LogP) is 3.12. The number of alkyl halides is 3. The Bertz CT molecular complexity index is 448. The van der Waals surface area contributed by atoms with Crippen molar-refractivity contribution in [2.75, 3.05) is 18.5 Å². The lowest BCUT2D eigenvalue weighted by Crippen LogP contribution is -2.24. The fraction of sp³-hybridized carbons (Fsp3) is 0.400. The van der Waals surface area contributed by atoms with Gasteiger partial charge in [-0.15, -0.1) is 0 Å². The summed E-state index contributed by atoms with van der Waals surface area (Å²) in [6.07, 6.45) is -5.49. The van der Waals surface area contributed by atoms with Crippen LogP contribution in [0.15, 0.2) is 18.2 Å². The maximum absolute atomic E-state index is 13.2. The molecule has 0 amide bonds. The average molecular weight is 266 g/mol. The van der Waals surface area contributed by atoms with E-state index in [0.717, 1.165) is 11.0 Å². The van der Waals surface area contributed by atoms with Gasteiger partial charge in [-0.1, -0.05) is 6.07 Å². The number of anilines is 1. The van der Waals surface area contributed by atoms with E-state index in [1.54, 1.807) is 0 Å². The first-order valence-electron chi connectivity index (χ1n) is 4.93. The van der Waals surface area contributed by atoms with Crippen LogP contribution < -0.4 is 4.90 Å². The number of para-hydroxylation sites is 1. The Morgan fingerprint density at radius 3 is 2.50 bits per heavy atom. The summed E-state index contributed by atoms with van der Waals surface area (Å²) in [5.41, 5.74) is -0.994. The molecule has 100 valence electrons. The van der Waals surface area contributed by atoms with Crippen molar-refractivity contribution in [3.8, 4) is 0 Å². The molecule has 0 aliphatic carbocycles. The van der Waals surface area contributed by atoms with Gasteiger partial charge in [0.25, 0.3) is 0 Å². The van der Waals surface area contributed by atoms with Crippen molar-refractivity contribution in [2.24, 2.45) is 0 Å². The van der Waals surface area contributed by atoms with Crippen LogP contribution in [-0.4, -0.2) is 24.7 Å². The summed E-state index contributed by atoms with van der Waals surface area (Å²) < 4.78 is 49.4. The summed E-state index contributed by atoms with van der Waals surface area (Å²) in [5.74, 6) is -1.07. The first kappa shape index (κ1) is 14.2. The number of nitro benzene ring substituents is 1. The van der Waals surface area contributed by atoms with E-state index < -0.39 is 35.6 Å². The normalized spacial score (nSPS) is 11.4. The average Bonchev–Trinajstić information content (AvgIpc) is 2.24. The van der Waals surface area contributed by atoms with Crippen molar-refractivity contribution in [1.82, 2.24) is 0 Å². The Labute approximate surface area is 100.0 Å². The molecule has 0 saturated heterocycles. The third-order valence-corrected chi connectivity index (χ3v) is 2.29. The second-order valence-electron chi connectivity index (χ2n) is 3.65. The van der Waals surface area contributed by atoms with Crippen LogP contribution in [0.25, 0.3) is 0 Å². The second kappa shape index (κ2) is 5.19. The second-order valence-corrected chi connectivity index (χ2v) is 3.65. The molecule has 0 aliphatic rings. The summed E-state index contributed by atoms with van der Waals surface area (Å²) in [4.78, 5) is 10.7. The van der Waals surface area contributed by atoms with Gasteiger partial charge in [0, 0.05) is 13.6 Å². The van der Waals surface area contributed by atoms with E-state index in [-0.39, 0.29) is 5.69 Å². The molecule has 0 heterocycles. The van der Waals surface area contributed by atoms with Gasteiger partial charge in [0.15, 0.2) is 0 Å². The van der Waals surface area contributed by atoms with Crippen LogP contribution in [-0.2, 0) is 0 Å². The van der Waals surface area contributed by atoms with Gasteiger partial charge >= 0.3 is 11.9 Å². The molecule has 0 radical (unpaired) electrons. The van der Waals surface area contributed by atoms with Crippen molar-refractivity contribution in [3.63, 3.8) is 0 Å². The largest absolute Gasteiger partial charge is 0.390 e. The zero-order chi connectivity index (χ0) is 13.9. The van der Waals surface area contributed by atoms with Crippen LogP contribution in [0.2, 0.25) is 0 Å². The van der Waals surface area contributed by atoms with E-state index in [1.165, 1.54) is 19.2 Å². The molecular weight excluding hydrogens is 256 g/mol. The van der Waals surface area contributed by atoms with E-state index in [9.17, 15) is 27.7 Å². The number of nitro groups is 1. The highest BCUT2D eigenvalue weighted by atomic mass is 19.4. The molecule has 8 heteroatoms. The molecule has 0 aromatic heterocycles. The molecule has 0 fully saturated rings. The van der Waals surface area contributed by atoms with Crippen LogP contribution in [0.5, 0.6) is 0 Å². The van der Waals surface area contributed by atoms with Crippen LogP contribution in [0.3, 0.4) is 0 Å². The fourth-order valence-electron chi connectivity index (χ4n) is 1.41. The van der Waals surface area contributed by atoms with Crippen molar-refractivity contribution >= 4 is 11.4 Å². The lowest BCUT2D eigenvalue weighted by Gasteiger charge is -2.19. The summed E-state index contributed by atoms with van der Waals surface area (Å²) in [5, 5.41) is 10.7. The van der Waals surface area contributed by atoms with E-state index in [4.69, 9.17) is 0 Å². The molecule has 0 atom stereocenters. The molecule has 1 aromatic carbocycles. The Morgan fingerprint density at radius 1 is 1.39 bits per heavy atom. The topological polar surface area (TPSA) is 46.4 Å². The zero-order valence-electron chi connectivity index (χ0n) is 9.37. The third-order valence-electron chi connectivity index (χ3n) is 2.29. The predicted molar refractivity (Wildman–Crippen MR) is 57.0 cm³/mol. The third kappa shape index (κ3) is 3.57. The summed E-state index contributed by atoms with van der Waals surface area (Å²) in [7, 11) is 1.24. The standard InChI is InChI=1S/C10H10F4N2O2/c1-15(6-5-10(12,13)14)8-4-2-3-7(11)9(8)16(17)18/h2-4H,5-6H2,1H3. The Hall–Kier alpha value is -1.86. The Morgan fingerprint density at radius 2 is 2.00 bits per heavy atom. The zero-order valence-corrected chi connectivity index (χ0v) is 9.37. The van der Waals surface area contributed by atoms with Gasteiger partial charge in [-0.2, -0.15) is 17.6 Å². The maximum atomic E-state index is 13.2. The number of halogens is 4. The number of rotatable bonds is 4. The maximum Gasteiger partial charge on any atom is 0.390 e. The number of benzene rings is 1. The molecule has 0 N–H and O–H groups in total. The molecule has 4 nitrogen and oxygen atoms in total. The number of hydrogen-bond acceptors (Lipinski definition) is 3. The van der Waals surface area contributed by atoms with Crippen LogP contribution >= 0.6 is 0 Å². The van der Waals surface area contributed by atoms with Crippen LogP contribution in [0.4, 0.5) is 28.9 Å². The minimum atomic E-state index is -4.36. The first-order valence-corrected chi connectivity index (χ1v) is 4.93. The van der Waals surface area contributed by atoms with E-state index in [0.29, 0.717) is 0 Å². The lowest BCUT2D eigenvalue weighted by atomic mass is 10.2. The summed E-state index contributed by atoms with van der Waals surface area (Å²) in [6, 6.07) is 3.30. The highest BCUT2D eigenvalue weighted by molar-refractivity contribution is 5.63. The molecule has 0 bridgehead atoms. The smallest absolute Gasteiger partial charge is 0.369 e. The van der Waals surface area contributed by atoms with Gasteiger partial charge in [-0.25, -0.2) is 0 Å². The molecule has 1 rings (SSSR count). The molecule has 0 unspecified atom stereocenters. The van der Waals surface area contributed by atoms with Crippen molar-refractivity contribution in [2.45, 2.75) is 12.6 Å². The molecule has 0 saturated carbocycles. The summed E-state index contributed by atoms with van der Waals surface area (Å²) in [6.45, 7) is -0.478. The molecule has 0 spiro atoms. The van der Waals surface area contributed by atoms with Crippen LogP contribution in [0.1, 0.15) is 6.42 Å². The van der Waals surface area contributed by atoms with E-state index in [2.05, 4.69) is 0 Å². The van der Waals surface area contributed by atoms with Crippen molar-refractivity contribution in [1.29, 1.82) is 0 Å². The molecular formula is C10H10F4N2O2. The number of nitrogens with zero attached hydrogens (tertiary/aromatic N) is 2. The van der Waals surface area contributed by atoms with E-state index in [1.807, 2.05) is 0 Å². The Balaban J connectivity index is 2.95. The molecule has 18 heavy (non-hydrogen) atoms. The molecule has 1 aromatic rings. The summed E-state index contributed by atoms with van der Waals surface area (Å²) >= 11 is 0. The monoisotopic (exact) mass is 266 g/mol. The van der Waals surface area contributed by atoms with Crippen molar-refractivity contribution < 1.29 is 22.5 Å². The SMILES string of the molecule is CN(CCC(F)(F)F)c1cccc(F)c1[N+](=O)[O-]. The highest BCUT2D eigenvalue weighted by Crippen LogP contribution is 2.31. The van der Waals surface area contributed by atoms with Crippen LogP contribution in [0, 0.1) is 15.9 Å². The van der Waals surface area contributed by atoms with Gasteiger partial charge in [-0.05, 0) is 12.1 Å². The number of hydrogen-bond donors (Lipinski definition) is 0. The fourth-order valence-corrected chi connectivity index (χ4v) is 1.41. The Kier molecular flexibility index (Phi) is 4.10. The molecule has 0 aliphatic heterocycles. The van der Waals surface area contributed by atoms with Gasteiger partial charge in [0.05, 0.1) is 11.3 Å². The van der Waals surface area contributed by atoms with E-state index >= 15 is 0 Å². The minimum Gasteiger partial charge on any atom is -0.369 e. The van der Waals surface area contributed by atoms with Gasteiger partial charge in [0.1, 0.15) is 5.69 Å². The minimum absolute atomic E-state index is 0.177. The van der Waals surface area contributed by atoms with Crippen molar-refractivity contribution in [3.05, 3.63) is 34.1 Å².